The van der Waals surface area contributed by atoms with Crippen LogP contribution in [0, 0.1) is 12.4 Å². The lowest BCUT2D eigenvalue weighted by molar-refractivity contribution is 0.0664. The molecule has 2 N–H and O–H groups in total. The van der Waals surface area contributed by atoms with Gasteiger partial charge in [-0.3, -0.25) is 9.78 Å². The summed E-state index contributed by atoms with van der Waals surface area (Å²) in [7, 11) is 0. The first-order chi connectivity index (χ1) is 13.4. The first-order valence-corrected chi connectivity index (χ1v) is 8.23. The van der Waals surface area contributed by atoms with Crippen molar-refractivity contribution in [1.29, 1.82) is 0 Å². The van der Waals surface area contributed by atoms with Crippen LogP contribution in [0.1, 0.15) is 21.6 Å². The molecule has 2 atom stereocenters. The van der Waals surface area contributed by atoms with Gasteiger partial charge in [-0.25, -0.2) is 23.0 Å². The number of hydrogen-bond donors (Lipinski definition) is 1. The van der Waals surface area contributed by atoms with Gasteiger partial charge in [0.25, 0.3) is 6.02 Å². The van der Waals surface area contributed by atoms with Crippen molar-refractivity contribution in [3.05, 3.63) is 70.6 Å². The number of carbonyl (C=O) groups is 1. The van der Waals surface area contributed by atoms with Gasteiger partial charge in [-0.1, -0.05) is 12.1 Å². The number of alkyl halides is 2. The van der Waals surface area contributed by atoms with Crippen molar-refractivity contribution >= 4 is 17.5 Å². The normalized spacial score (nSPS) is 21.4. The van der Waals surface area contributed by atoms with Gasteiger partial charge in [0.15, 0.2) is 17.5 Å². The van der Waals surface area contributed by atoms with Crippen molar-refractivity contribution in [1.82, 2.24) is 4.98 Å². The number of benzene rings is 1. The van der Waals surface area contributed by atoms with Gasteiger partial charge < -0.3 is 10.5 Å². The van der Waals surface area contributed by atoms with Crippen LogP contribution in [-0.4, -0.2) is 36.2 Å². The summed E-state index contributed by atoms with van der Waals surface area (Å²) in [6.07, 6.45) is -0.859. The Labute approximate surface area is 158 Å². The van der Waals surface area contributed by atoms with E-state index in [1.807, 2.05) is 0 Å². The fourth-order valence-electron chi connectivity index (χ4n) is 2.92. The third-order valence-corrected chi connectivity index (χ3v) is 4.43. The molecule has 3 rings (SSSR count). The monoisotopic (exact) mass is 388 g/mol. The fraction of sp³-hybridized carbons (Fsp3) is 0.263. The van der Waals surface area contributed by atoms with Crippen LogP contribution in [-0.2, 0) is 16.7 Å². The maximum absolute atomic E-state index is 14.5. The Morgan fingerprint density at radius 1 is 1.39 bits per heavy atom. The zero-order chi connectivity index (χ0) is 20.3. The quantitative estimate of drug-likeness (QED) is 0.631. The molecule has 0 amide bonds. The minimum atomic E-state index is -2.17. The van der Waals surface area contributed by atoms with Crippen LogP contribution in [0.5, 0.6) is 0 Å². The molecule has 6 nitrogen and oxygen atoms in total. The van der Waals surface area contributed by atoms with Gasteiger partial charge in [0.05, 0.1) is 6.57 Å². The summed E-state index contributed by atoms with van der Waals surface area (Å²) in [5.41, 5.74) is 3.68. The van der Waals surface area contributed by atoms with Crippen molar-refractivity contribution in [2.45, 2.75) is 18.1 Å². The zero-order valence-corrected chi connectivity index (χ0v) is 14.5. The molecule has 0 fully saturated rings. The van der Waals surface area contributed by atoms with E-state index in [1.54, 1.807) is 0 Å². The Morgan fingerprint density at radius 3 is 2.82 bits per heavy atom. The van der Waals surface area contributed by atoms with Gasteiger partial charge in [-0.05, 0) is 23.8 Å². The molecular weight excluding hydrogens is 373 g/mol. The largest absolute Gasteiger partial charge is 0.462 e. The third-order valence-electron chi connectivity index (χ3n) is 4.43. The Bertz CT molecular complexity index is 972. The van der Waals surface area contributed by atoms with Crippen LogP contribution in [0.25, 0.3) is 4.85 Å². The van der Waals surface area contributed by atoms with E-state index in [0.29, 0.717) is 5.56 Å². The molecule has 144 valence electrons. The summed E-state index contributed by atoms with van der Waals surface area (Å²) < 4.78 is 47.5. The molecule has 0 saturated carbocycles. The number of nitrogens with two attached hydrogens (primary N) is 1. The molecule has 0 saturated heterocycles. The minimum Gasteiger partial charge on any atom is -0.462 e. The van der Waals surface area contributed by atoms with Crippen molar-refractivity contribution in [2.24, 2.45) is 10.7 Å². The SMILES string of the molecule is [C-]#[N+]c1ccc(C(=O)Cc2ccc(F)c([C@@]3(CF)N=C(N)OC[C@@H]3F)c2)nc1. The highest BCUT2D eigenvalue weighted by Gasteiger charge is 2.47. The summed E-state index contributed by atoms with van der Waals surface area (Å²) in [6.45, 7) is 5.00. The van der Waals surface area contributed by atoms with Gasteiger partial charge in [-0.2, -0.15) is 0 Å². The number of ketones is 1. The summed E-state index contributed by atoms with van der Waals surface area (Å²) in [6, 6.07) is 6.00. The Morgan fingerprint density at radius 2 is 2.18 bits per heavy atom. The van der Waals surface area contributed by atoms with E-state index in [9.17, 15) is 18.0 Å². The van der Waals surface area contributed by atoms with E-state index < -0.39 is 42.6 Å². The first kappa shape index (κ1) is 19.4. The number of Topliss-reactive ketones (excluding diaryl/α,β-unsaturated/α-hetero) is 1. The molecule has 0 aliphatic carbocycles. The summed E-state index contributed by atoms with van der Waals surface area (Å²) in [5.74, 6) is -1.26. The molecule has 0 spiro atoms. The lowest BCUT2D eigenvalue weighted by Crippen LogP contribution is -2.47. The van der Waals surface area contributed by atoms with Gasteiger partial charge in [0, 0.05) is 18.2 Å². The van der Waals surface area contributed by atoms with E-state index in [0.717, 1.165) is 6.07 Å². The number of amidine groups is 1. The van der Waals surface area contributed by atoms with Gasteiger partial charge in [0.2, 0.25) is 5.69 Å². The number of hydrogen-bond acceptors (Lipinski definition) is 5. The number of nitrogens with zero attached hydrogens (tertiary/aromatic N) is 3. The molecule has 2 aromatic rings. The molecule has 1 aromatic heterocycles. The molecular formula is C19H15F3N4O2. The maximum Gasteiger partial charge on any atom is 0.283 e. The molecule has 28 heavy (non-hydrogen) atoms. The number of pyridine rings is 1. The standard InChI is InChI=1S/C19H15F3N4O2/c1-24-12-3-5-15(25-8-12)16(27)7-11-2-4-14(21)13(6-11)19(10-20)17(22)9-28-18(23)26-19/h2-6,8,17H,7,9-10H2,(H2,23,26)/t17-,19+/m0/s1. The van der Waals surface area contributed by atoms with Gasteiger partial charge in [0.1, 0.15) is 24.8 Å². The van der Waals surface area contributed by atoms with Crippen LogP contribution < -0.4 is 5.73 Å². The highest BCUT2D eigenvalue weighted by molar-refractivity contribution is 5.96. The van der Waals surface area contributed by atoms with Crippen molar-refractivity contribution in [2.75, 3.05) is 13.3 Å². The second-order valence-electron chi connectivity index (χ2n) is 6.21. The number of carbonyl (C=O) groups excluding carboxylic acids is 1. The third kappa shape index (κ3) is 3.53. The highest BCUT2D eigenvalue weighted by Crippen LogP contribution is 2.37. The second kappa shape index (κ2) is 7.68. The second-order valence-corrected chi connectivity index (χ2v) is 6.21. The summed E-state index contributed by atoms with van der Waals surface area (Å²) >= 11 is 0. The van der Waals surface area contributed by atoms with Crippen LogP contribution in [0.3, 0.4) is 0 Å². The van der Waals surface area contributed by atoms with Gasteiger partial charge >= 0.3 is 0 Å². The Kier molecular flexibility index (Phi) is 5.31. The lowest BCUT2D eigenvalue weighted by Gasteiger charge is -2.34. The van der Waals surface area contributed by atoms with Crippen LogP contribution in [0.15, 0.2) is 41.5 Å². The number of halogens is 3. The predicted octanol–water partition coefficient (Wildman–Crippen LogP) is 3.04. The smallest absolute Gasteiger partial charge is 0.283 e. The maximum atomic E-state index is 14.5. The van der Waals surface area contributed by atoms with E-state index in [4.69, 9.17) is 17.0 Å². The summed E-state index contributed by atoms with van der Waals surface area (Å²) in [5, 5.41) is 0. The van der Waals surface area contributed by atoms with Crippen LogP contribution in [0.4, 0.5) is 18.9 Å². The molecule has 1 aliphatic rings. The highest BCUT2D eigenvalue weighted by atomic mass is 19.1. The molecule has 1 aromatic carbocycles. The summed E-state index contributed by atoms with van der Waals surface area (Å²) in [4.78, 5) is 23.2. The average Bonchev–Trinajstić information content (AvgIpc) is 2.71. The van der Waals surface area contributed by atoms with Crippen molar-refractivity contribution in [3.63, 3.8) is 0 Å². The molecule has 0 unspecified atom stereocenters. The van der Waals surface area contributed by atoms with E-state index in [2.05, 4.69) is 14.8 Å². The first-order valence-electron chi connectivity index (χ1n) is 8.23. The molecule has 0 bridgehead atoms. The minimum absolute atomic E-state index is 0.121. The number of ether oxygens (including phenoxy) is 1. The topological polar surface area (TPSA) is 81.9 Å². The van der Waals surface area contributed by atoms with Gasteiger partial charge in [-0.15, -0.1) is 0 Å². The van der Waals surface area contributed by atoms with Crippen LogP contribution in [0.2, 0.25) is 0 Å². The van der Waals surface area contributed by atoms with E-state index >= 15 is 0 Å². The Hall–Kier alpha value is -3.41. The fourth-order valence-corrected chi connectivity index (χ4v) is 2.92. The van der Waals surface area contributed by atoms with Crippen LogP contribution >= 0.6 is 0 Å². The van der Waals surface area contributed by atoms with E-state index in [-0.39, 0.29) is 23.4 Å². The van der Waals surface area contributed by atoms with E-state index in [1.165, 1.54) is 30.5 Å². The zero-order valence-electron chi connectivity index (χ0n) is 14.5. The predicted molar refractivity (Wildman–Crippen MR) is 95.1 cm³/mol. The average molecular weight is 388 g/mol. The lowest BCUT2D eigenvalue weighted by atomic mass is 9.84. The molecule has 9 heteroatoms. The molecule has 0 radical (unpaired) electrons. The van der Waals surface area contributed by atoms with Crippen molar-refractivity contribution in [3.8, 4) is 0 Å². The molecule has 2 heterocycles. The number of aromatic nitrogens is 1. The Balaban J connectivity index is 1.94. The molecule has 1 aliphatic heterocycles. The van der Waals surface area contributed by atoms with Crippen molar-refractivity contribution < 1.29 is 22.7 Å². The number of rotatable bonds is 5. The number of aliphatic imine (C=N–C) groups is 1.